The van der Waals surface area contributed by atoms with Crippen LogP contribution in [0, 0.1) is 11.7 Å². The van der Waals surface area contributed by atoms with Crippen molar-refractivity contribution in [3.8, 4) is 16.9 Å². The number of nitrogens with zero attached hydrogens (tertiary/aromatic N) is 3. The van der Waals surface area contributed by atoms with Crippen molar-refractivity contribution in [2.24, 2.45) is 5.92 Å². The molecule has 2 aromatic carbocycles. The van der Waals surface area contributed by atoms with E-state index in [0.29, 0.717) is 19.0 Å². The zero-order valence-electron chi connectivity index (χ0n) is 17.4. The fourth-order valence-corrected chi connectivity index (χ4v) is 3.79. The van der Waals surface area contributed by atoms with Gasteiger partial charge in [0.05, 0.1) is 13.0 Å². The van der Waals surface area contributed by atoms with Crippen molar-refractivity contribution in [3.63, 3.8) is 0 Å². The molecule has 31 heavy (non-hydrogen) atoms. The van der Waals surface area contributed by atoms with Crippen LogP contribution >= 0.6 is 0 Å². The number of piperidine rings is 1. The second-order valence-corrected chi connectivity index (χ2v) is 7.64. The zero-order chi connectivity index (χ0) is 21.6. The smallest absolute Gasteiger partial charge is 0.225 e. The molecule has 1 aliphatic rings. The lowest BCUT2D eigenvalue weighted by atomic mass is 9.97. The lowest BCUT2D eigenvalue weighted by molar-refractivity contribution is -0.125. The van der Waals surface area contributed by atoms with Gasteiger partial charge in [0.15, 0.2) is 0 Å². The molecule has 0 bridgehead atoms. The Balaban J connectivity index is 1.37. The van der Waals surface area contributed by atoms with Gasteiger partial charge in [0.1, 0.15) is 11.6 Å². The minimum atomic E-state index is -0.291. The normalized spacial score (nSPS) is 16.1. The van der Waals surface area contributed by atoms with Crippen molar-refractivity contribution in [1.29, 1.82) is 0 Å². The molecule has 1 N–H and O–H groups in total. The fourth-order valence-electron chi connectivity index (χ4n) is 3.79. The molecular formula is C24H25FN4O2. The molecule has 0 saturated carbocycles. The van der Waals surface area contributed by atoms with E-state index in [1.54, 1.807) is 25.6 Å². The molecule has 4 rings (SSSR count). The van der Waals surface area contributed by atoms with Crippen LogP contribution in [0.1, 0.15) is 18.4 Å². The maximum absolute atomic E-state index is 13.5. The molecule has 6 nitrogen and oxygen atoms in total. The number of anilines is 1. The zero-order valence-corrected chi connectivity index (χ0v) is 17.4. The highest BCUT2D eigenvalue weighted by Gasteiger charge is 2.27. The lowest BCUT2D eigenvalue weighted by Crippen LogP contribution is -2.43. The van der Waals surface area contributed by atoms with Crippen LogP contribution in [0.4, 0.5) is 10.3 Å². The predicted molar refractivity (Wildman–Crippen MR) is 117 cm³/mol. The standard InChI is InChI=1S/C24H25FN4O2/c1-31-22-9-2-5-17(11-22)13-26-23(30)19-7-4-10-29(16-19)24-27-14-20(15-28-24)18-6-3-8-21(25)12-18/h2-3,5-6,8-9,11-12,14-15,19H,4,7,10,13,16H2,1H3,(H,26,30)/t19-/m0/s1. The van der Waals surface area contributed by atoms with E-state index in [2.05, 4.69) is 15.3 Å². The quantitative estimate of drug-likeness (QED) is 0.657. The third-order valence-electron chi connectivity index (χ3n) is 5.47. The first-order valence-electron chi connectivity index (χ1n) is 10.4. The molecule has 1 aromatic heterocycles. The molecule has 2 heterocycles. The monoisotopic (exact) mass is 420 g/mol. The van der Waals surface area contributed by atoms with Gasteiger partial charge in [0.25, 0.3) is 0 Å². The molecule has 1 atom stereocenters. The number of rotatable bonds is 6. The van der Waals surface area contributed by atoms with Gasteiger partial charge in [-0.15, -0.1) is 0 Å². The average molecular weight is 420 g/mol. The molecule has 7 heteroatoms. The summed E-state index contributed by atoms with van der Waals surface area (Å²) in [6.07, 6.45) is 5.13. The number of aromatic nitrogens is 2. The number of carbonyl (C=O) groups is 1. The summed E-state index contributed by atoms with van der Waals surface area (Å²) in [6, 6.07) is 14.0. The van der Waals surface area contributed by atoms with Gasteiger partial charge in [-0.1, -0.05) is 24.3 Å². The van der Waals surface area contributed by atoms with Gasteiger partial charge in [-0.25, -0.2) is 14.4 Å². The number of ether oxygens (including phenoxy) is 1. The van der Waals surface area contributed by atoms with Gasteiger partial charge < -0.3 is 15.0 Å². The largest absolute Gasteiger partial charge is 0.497 e. The molecule has 0 aliphatic carbocycles. The second-order valence-electron chi connectivity index (χ2n) is 7.64. The molecular weight excluding hydrogens is 395 g/mol. The minimum Gasteiger partial charge on any atom is -0.497 e. The summed E-state index contributed by atoms with van der Waals surface area (Å²) in [7, 11) is 1.63. The highest BCUT2D eigenvalue weighted by molar-refractivity contribution is 5.79. The Kier molecular flexibility index (Phi) is 6.40. The lowest BCUT2D eigenvalue weighted by Gasteiger charge is -2.32. The Morgan fingerprint density at radius 3 is 2.74 bits per heavy atom. The highest BCUT2D eigenvalue weighted by atomic mass is 19.1. The third-order valence-corrected chi connectivity index (χ3v) is 5.47. The fraction of sp³-hybridized carbons (Fsp3) is 0.292. The van der Waals surface area contributed by atoms with E-state index in [9.17, 15) is 9.18 Å². The number of hydrogen-bond donors (Lipinski definition) is 1. The van der Waals surface area contributed by atoms with Crippen LogP contribution in [0.3, 0.4) is 0 Å². The summed E-state index contributed by atoms with van der Waals surface area (Å²) in [4.78, 5) is 23.7. The van der Waals surface area contributed by atoms with Crippen LogP contribution in [0.25, 0.3) is 11.1 Å². The molecule has 0 unspecified atom stereocenters. The third kappa shape index (κ3) is 5.17. The Bertz CT molecular complexity index is 1040. The number of carbonyl (C=O) groups excluding carboxylic acids is 1. The van der Waals surface area contributed by atoms with Crippen molar-refractivity contribution >= 4 is 11.9 Å². The van der Waals surface area contributed by atoms with Crippen LogP contribution < -0.4 is 15.0 Å². The Morgan fingerprint density at radius 1 is 1.16 bits per heavy atom. The molecule has 1 aliphatic heterocycles. The van der Waals surface area contributed by atoms with Gasteiger partial charge in [0.2, 0.25) is 11.9 Å². The topological polar surface area (TPSA) is 67.3 Å². The van der Waals surface area contributed by atoms with Crippen molar-refractivity contribution in [1.82, 2.24) is 15.3 Å². The summed E-state index contributed by atoms with van der Waals surface area (Å²) in [5, 5.41) is 3.03. The molecule has 1 fully saturated rings. The molecule has 160 valence electrons. The first-order valence-corrected chi connectivity index (χ1v) is 10.4. The van der Waals surface area contributed by atoms with Crippen LogP contribution in [-0.4, -0.2) is 36.1 Å². The highest BCUT2D eigenvalue weighted by Crippen LogP contribution is 2.23. The van der Waals surface area contributed by atoms with Gasteiger partial charge in [-0.2, -0.15) is 0 Å². The Morgan fingerprint density at radius 2 is 1.97 bits per heavy atom. The number of halogens is 1. The Hall–Kier alpha value is -3.48. The maximum Gasteiger partial charge on any atom is 0.225 e. The van der Waals surface area contributed by atoms with Gasteiger partial charge in [-0.3, -0.25) is 4.79 Å². The van der Waals surface area contributed by atoms with Crippen molar-refractivity contribution in [2.45, 2.75) is 19.4 Å². The minimum absolute atomic E-state index is 0.0314. The number of methoxy groups -OCH3 is 1. The van der Waals surface area contributed by atoms with Crippen LogP contribution in [0.15, 0.2) is 60.9 Å². The van der Waals surface area contributed by atoms with Gasteiger partial charge in [-0.05, 0) is 48.2 Å². The SMILES string of the molecule is COc1cccc(CNC(=O)[C@H]2CCCN(c3ncc(-c4cccc(F)c4)cn3)C2)c1. The van der Waals surface area contributed by atoms with E-state index in [-0.39, 0.29) is 17.6 Å². The van der Waals surface area contributed by atoms with E-state index < -0.39 is 0 Å². The number of hydrogen-bond acceptors (Lipinski definition) is 5. The molecule has 0 radical (unpaired) electrons. The van der Waals surface area contributed by atoms with E-state index in [0.717, 1.165) is 41.8 Å². The van der Waals surface area contributed by atoms with Crippen molar-refractivity contribution < 1.29 is 13.9 Å². The van der Waals surface area contributed by atoms with E-state index in [1.165, 1.54) is 12.1 Å². The first-order chi connectivity index (χ1) is 15.1. The maximum atomic E-state index is 13.5. The van der Waals surface area contributed by atoms with Gasteiger partial charge >= 0.3 is 0 Å². The summed E-state index contributed by atoms with van der Waals surface area (Å²) in [5.41, 5.74) is 2.49. The van der Waals surface area contributed by atoms with E-state index >= 15 is 0 Å². The van der Waals surface area contributed by atoms with Crippen LogP contribution in [0.5, 0.6) is 5.75 Å². The molecule has 1 amide bonds. The summed E-state index contributed by atoms with van der Waals surface area (Å²) >= 11 is 0. The van der Waals surface area contributed by atoms with E-state index in [1.807, 2.05) is 35.2 Å². The molecule has 3 aromatic rings. The first kappa shape index (κ1) is 20.8. The van der Waals surface area contributed by atoms with Crippen molar-refractivity contribution in [3.05, 3.63) is 72.3 Å². The second kappa shape index (κ2) is 9.55. The van der Waals surface area contributed by atoms with Crippen molar-refractivity contribution in [2.75, 3.05) is 25.1 Å². The van der Waals surface area contributed by atoms with Crippen LogP contribution in [0.2, 0.25) is 0 Å². The average Bonchev–Trinajstić information content (AvgIpc) is 2.83. The van der Waals surface area contributed by atoms with Crippen LogP contribution in [-0.2, 0) is 11.3 Å². The van der Waals surface area contributed by atoms with E-state index in [4.69, 9.17) is 4.74 Å². The van der Waals surface area contributed by atoms with Gasteiger partial charge in [0, 0.05) is 37.6 Å². The predicted octanol–water partition coefficient (Wildman–Crippen LogP) is 3.82. The Labute approximate surface area is 181 Å². The summed E-state index contributed by atoms with van der Waals surface area (Å²) < 4.78 is 18.7. The number of benzene rings is 2. The molecule has 0 spiro atoms. The number of amides is 1. The molecule has 1 saturated heterocycles. The summed E-state index contributed by atoms with van der Waals surface area (Å²) in [5.74, 6) is 0.982. The summed E-state index contributed by atoms with van der Waals surface area (Å²) in [6.45, 7) is 1.84. The number of nitrogens with one attached hydrogen (secondary N) is 1.